The molecule has 0 radical (unpaired) electrons. The molecular formula is C18H27N3OS. The largest absolute Gasteiger partial charge is 0.383 e. The van der Waals surface area contributed by atoms with Gasteiger partial charge in [-0.15, -0.1) is 0 Å². The van der Waals surface area contributed by atoms with Gasteiger partial charge in [0.2, 0.25) is 0 Å². The summed E-state index contributed by atoms with van der Waals surface area (Å²) in [6.07, 6.45) is 5.02. The van der Waals surface area contributed by atoms with Crippen molar-refractivity contribution in [2.75, 3.05) is 20.3 Å². The van der Waals surface area contributed by atoms with Gasteiger partial charge in [0.25, 0.3) is 0 Å². The Bertz CT molecular complexity index is 496. The summed E-state index contributed by atoms with van der Waals surface area (Å²) < 4.78 is 5.04. The predicted molar refractivity (Wildman–Crippen MR) is 97.4 cm³/mol. The molecule has 2 heterocycles. The predicted octanol–water partition coefficient (Wildman–Crippen LogP) is 2.29. The van der Waals surface area contributed by atoms with Crippen LogP contribution in [-0.2, 0) is 11.3 Å². The van der Waals surface area contributed by atoms with Crippen molar-refractivity contribution in [2.24, 2.45) is 0 Å². The number of thiocarbonyl (C=S) groups is 1. The molecule has 3 rings (SSSR count). The number of ether oxygens (including phenoxy) is 1. The average molecular weight is 334 g/mol. The number of hydrogen-bond acceptors (Lipinski definition) is 3. The first-order chi connectivity index (χ1) is 11.3. The highest BCUT2D eigenvalue weighted by Gasteiger charge is 2.40. The Labute approximate surface area is 144 Å². The maximum absolute atomic E-state index is 5.39. The van der Waals surface area contributed by atoms with Crippen molar-refractivity contribution < 1.29 is 4.74 Å². The van der Waals surface area contributed by atoms with E-state index in [1.807, 2.05) is 0 Å². The highest BCUT2D eigenvalue weighted by molar-refractivity contribution is 7.80. The van der Waals surface area contributed by atoms with Gasteiger partial charge in [0.15, 0.2) is 5.11 Å². The summed E-state index contributed by atoms with van der Waals surface area (Å²) in [5.74, 6) is 0. The van der Waals surface area contributed by atoms with Crippen molar-refractivity contribution in [3.8, 4) is 0 Å². The normalized spacial score (nSPS) is 26.9. The number of nitrogens with zero attached hydrogens (tertiary/aromatic N) is 1. The molecule has 0 aliphatic carbocycles. The zero-order chi connectivity index (χ0) is 16.1. The smallest absolute Gasteiger partial charge is 0.166 e. The van der Waals surface area contributed by atoms with Gasteiger partial charge in [-0.3, -0.25) is 4.90 Å². The molecule has 0 amide bonds. The van der Waals surface area contributed by atoms with Crippen molar-refractivity contribution in [1.82, 2.24) is 15.5 Å². The standard InChI is InChI=1S/C18H27N3OS/c1-22-10-9-19-18(23)20-15-11-16-7-8-17(12-15)21(16)13-14-5-3-2-4-6-14/h2-6,15-17H,7-13H2,1H3,(H2,19,20,23). The number of methoxy groups -OCH3 is 1. The van der Waals surface area contributed by atoms with Crippen LogP contribution in [0.5, 0.6) is 0 Å². The first kappa shape index (κ1) is 16.7. The van der Waals surface area contributed by atoms with Crippen LogP contribution in [0.25, 0.3) is 0 Å². The molecule has 2 aliphatic rings. The van der Waals surface area contributed by atoms with Gasteiger partial charge in [-0.2, -0.15) is 0 Å². The van der Waals surface area contributed by atoms with Crippen molar-refractivity contribution in [1.29, 1.82) is 0 Å². The van der Waals surface area contributed by atoms with Gasteiger partial charge in [0.05, 0.1) is 6.61 Å². The molecule has 23 heavy (non-hydrogen) atoms. The molecule has 5 heteroatoms. The van der Waals surface area contributed by atoms with E-state index < -0.39 is 0 Å². The third-order valence-electron chi connectivity index (χ3n) is 5.02. The minimum atomic E-state index is 0.502. The minimum Gasteiger partial charge on any atom is -0.383 e. The number of rotatable bonds is 6. The molecule has 0 spiro atoms. The van der Waals surface area contributed by atoms with E-state index in [4.69, 9.17) is 17.0 Å². The highest BCUT2D eigenvalue weighted by Crippen LogP contribution is 2.36. The van der Waals surface area contributed by atoms with Crippen LogP contribution in [0, 0.1) is 0 Å². The lowest BCUT2D eigenvalue weighted by Gasteiger charge is -2.39. The molecule has 2 N–H and O–H groups in total. The Kier molecular flexibility index (Phi) is 5.86. The second-order valence-electron chi connectivity index (χ2n) is 6.60. The van der Waals surface area contributed by atoms with E-state index in [2.05, 4.69) is 45.9 Å². The Morgan fingerprint density at radius 2 is 1.91 bits per heavy atom. The summed E-state index contributed by atoms with van der Waals surface area (Å²) in [5.41, 5.74) is 1.42. The Morgan fingerprint density at radius 1 is 1.22 bits per heavy atom. The third-order valence-corrected chi connectivity index (χ3v) is 5.28. The molecular weight excluding hydrogens is 306 g/mol. The van der Waals surface area contributed by atoms with E-state index in [1.54, 1.807) is 7.11 Å². The van der Waals surface area contributed by atoms with Crippen LogP contribution >= 0.6 is 12.2 Å². The van der Waals surface area contributed by atoms with Crippen LogP contribution in [0.3, 0.4) is 0 Å². The fourth-order valence-electron chi connectivity index (χ4n) is 3.95. The maximum atomic E-state index is 5.39. The van der Waals surface area contributed by atoms with E-state index in [0.29, 0.717) is 24.7 Å². The summed E-state index contributed by atoms with van der Waals surface area (Å²) in [5, 5.41) is 7.48. The van der Waals surface area contributed by atoms with Gasteiger partial charge in [-0.1, -0.05) is 30.3 Å². The van der Waals surface area contributed by atoms with Crippen LogP contribution in [-0.4, -0.2) is 48.4 Å². The van der Waals surface area contributed by atoms with Gasteiger partial charge >= 0.3 is 0 Å². The molecule has 2 bridgehead atoms. The van der Waals surface area contributed by atoms with Crippen molar-refractivity contribution >= 4 is 17.3 Å². The Balaban J connectivity index is 1.50. The number of piperidine rings is 1. The average Bonchev–Trinajstić information content (AvgIpc) is 2.79. The fraction of sp³-hybridized carbons (Fsp3) is 0.611. The molecule has 2 atom stereocenters. The molecule has 2 saturated heterocycles. The van der Waals surface area contributed by atoms with E-state index in [1.165, 1.54) is 31.2 Å². The molecule has 126 valence electrons. The van der Waals surface area contributed by atoms with Crippen molar-refractivity contribution in [3.05, 3.63) is 35.9 Å². The zero-order valence-electron chi connectivity index (χ0n) is 13.8. The summed E-state index contributed by atoms with van der Waals surface area (Å²) in [4.78, 5) is 2.70. The van der Waals surface area contributed by atoms with Crippen LogP contribution < -0.4 is 10.6 Å². The van der Waals surface area contributed by atoms with E-state index in [0.717, 1.165) is 18.2 Å². The second-order valence-corrected chi connectivity index (χ2v) is 7.01. The van der Waals surface area contributed by atoms with Crippen LogP contribution in [0.1, 0.15) is 31.2 Å². The third kappa shape index (κ3) is 4.43. The molecule has 1 aromatic rings. The summed E-state index contributed by atoms with van der Waals surface area (Å²) in [6, 6.07) is 12.7. The topological polar surface area (TPSA) is 36.5 Å². The monoisotopic (exact) mass is 333 g/mol. The minimum absolute atomic E-state index is 0.502. The SMILES string of the molecule is COCCNC(=S)NC1CC2CCC(C1)N2Cc1ccccc1. The number of benzene rings is 1. The highest BCUT2D eigenvalue weighted by atomic mass is 32.1. The van der Waals surface area contributed by atoms with Gasteiger partial charge < -0.3 is 15.4 Å². The van der Waals surface area contributed by atoms with E-state index >= 15 is 0 Å². The number of nitrogens with one attached hydrogen (secondary N) is 2. The van der Waals surface area contributed by atoms with Crippen LogP contribution in [0.4, 0.5) is 0 Å². The lowest BCUT2D eigenvalue weighted by molar-refractivity contribution is 0.114. The molecule has 0 saturated carbocycles. The van der Waals surface area contributed by atoms with Crippen LogP contribution in [0.15, 0.2) is 30.3 Å². The molecule has 1 aromatic carbocycles. The number of hydrogen-bond donors (Lipinski definition) is 2. The summed E-state index contributed by atoms with van der Waals surface area (Å²) >= 11 is 5.39. The number of fused-ring (bicyclic) bond motifs is 2. The summed E-state index contributed by atoms with van der Waals surface area (Å²) in [6.45, 7) is 2.53. The van der Waals surface area contributed by atoms with E-state index in [9.17, 15) is 0 Å². The Hall–Kier alpha value is -1.17. The maximum Gasteiger partial charge on any atom is 0.166 e. The van der Waals surface area contributed by atoms with Gasteiger partial charge in [-0.05, 0) is 43.5 Å². The lowest BCUT2D eigenvalue weighted by Crippen LogP contribution is -2.52. The van der Waals surface area contributed by atoms with Gasteiger partial charge in [0, 0.05) is 38.3 Å². The first-order valence-corrected chi connectivity index (χ1v) is 9.00. The van der Waals surface area contributed by atoms with Crippen LogP contribution in [0.2, 0.25) is 0 Å². The molecule has 2 fully saturated rings. The zero-order valence-corrected chi connectivity index (χ0v) is 14.6. The van der Waals surface area contributed by atoms with Crippen molar-refractivity contribution in [3.63, 3.8) is 0 Å². The van der Waals surface area contributed by atoms with Gasteiger partial charge in [-0.25, -0.2) is 0 Å². The molecule has 0 aromatic heterocycles. The van der Waals surface area contributed by atoms with E-state index in [-0.39, 0.29) is 0 Å². The molecule has 2 unspecified atom stereocenters. The summed E-state index contributed by atoms with van der Waals surface area (Å²) in [7, 11) is 1.71. The first-order valence-electron chi connectivity index (χ1n) is 8.59. The Morgan fingerprint density at radius 3 is 2.57 bits per heavy atom. The lowest BCUT2D eigenvalue weighted by atomic mass is 9.96. The fourth-order valence-corrected chi connectivity index (χ4v) is 4.22. The van der Waals surface area contributed by atoms with Gasteiger partial charge in [0.1, 0.15) is 0 Å². The second kappa shape index (κ2) is 8.08. The quantitative estimate of drug-likeness (QED) is 0.617. The molecule has 2 aliphatic heterocycles. The molecule has 4 nitrogen and oxygen atoms in total. The van der Waals surface area contributed by atoms with Crippen molar-refractivity contribution in [2.45, 2.75) is 50.4 Å².